The highest BCUT2D eigenvalue weighted by atomic mass is 16.2. The second-order valence-corrected chi connectivity index (χ2v) is 6.66. The first-order chi connectivity index (χ1) is 11.4. The predicted molar refractivity (Wildman–Crippen MR) is 88.4 cm³/mol. The van der Waals surface area contributed by atoms with Crippen LogP contribution in [0.4, 0.5) is 4.79 Å². The highest BCUT2D eigenvalue weighted by molar-refractivity contribution is 6.07. The van der Waals surface area contributed by atoms with Crippen molar-refractivity contribution in [2.24, 2.45) is 0 Å². The Morgan fingerprint density at radius 1 is 1.25 bits per heavy atom. The van der Waals surface area contributed by atoms with E-state index in [4.69, 9.17) is 0 Å². The van der Waals surface area contributed by atoms with Gasteiger partial charge < -0.3 is 16.0 Å². The molecule has 7 nitrogen and oxygen atoms in total. The summed E-state index contributed by atoms with van der Waals surface area (Å²) in [7, 11) is 0. The van der Waals surface area contributed by atoms with E-state index in [1.54, 1.807) is 31.2 Å². The lowest BCUT2D eigenvalue weighted by Gasteiger charge is -2.28. The number of piperidine rings is 1. The summed E-state index contributed by atoms with van der Waals surface area (Å²) in [5.41, 5.74) is 0.0764. The maximum atomic E-state index is 12.4. The fourth-order valence-corrected chi connectivity index (χ4v) is 3.23. The predicted octanol–water partition coefficient (Wildman–Crippen LogP) is 0.611. The molecule has 1 aromatic rings. The number of carbonyl (C=O) groups is 3. The van der Waals surface area contributed by atoms with Crippen molar-refractivity contribution in [2.45, 2.75) is 44.3 Å². The average molecular weight is 330 g/mol. The molecule has 2 heterocycles. The summed E-state index contributed by atoms with van der Waals surface area (Å²) in [4.78, 5) is 35.7. The lowest BCUT2D eigenvalue weighted by Crippen LogP contribution is -2.46. The Balaban J connectivity index is 1.69. The molecule has 24 heavy (non-hydrogen) atoms. The molecule has 1 aromatic carbocycles. The summed E-state index contributed by atoms with van der Waals surface area (Å²) in [5.74, 6) is -0.515. The summed E-state index contributed by atoms with van der Waals surface area (Å²) >= 11 is 0. The minimum atomic E-state index is -1.10. The molecular weight excluding hydrogens is 308 g/mol. The molecule has 2 aliphatic heterocycles. The van der Waals surface area contributed by atoms with Gasteiger partial charge in [-0.15, -0.1) is 0 Å². The van der Waals surface area contributed by atoms with Crippen LogP contribution in [0, 0.1) is 0 Å². The third kappa shape index (κ3) is 3.12. The van der Waals surface area contributed by atoms with E-state index in [0.29, 0.717) is 17.2 Å². The normalized spacial score (nSPS) is 29.8. The fourth-order valence-electron chi connectivity index (χ4n) is 3.23. The van der Waals surface area contributed by atoms with E-state index < -0.39 is 17.5 Å². The topological polar surface area (TPSA) is 99.3 Å². The third-order valence-electron chi connectivity index (χ3n) is 4.73. The van der Waals surface area contributed by atoms with Crippen molar-refractivity contribution >= 4 is 17.8 Å². The number of carbonyl (C=O) groups excluding carboxylic acids is 3. The van der Waals surface area contributed by atoms with Gasteiger partial charge in [0.2, 0.25) is 0 Å². The molecule has 0 bridgehead atoms. The summed E-state index contributed by atoms with van der Waals surface area (Å²) in [5, 5.41) is 11.2. The smallest absolute Gasteiger partial charge is 0.322 e. The molecule has 0 saturated carbocycles. The van der Waals surface area contributed by atoms with E-state index in [1.807, 2.05) is 0 Å². The van der Waals surface area contributed by atoms with E-state index in [0.717, 1.165) is 19.4 Å². The van der Waals surface area contributed by atoms with E-state index >= 15 is 0 Å². The van der Waals surface area contributed by atoms with Gasteiger partial charge in [0.25, 0.3) is 11.8 Å². The molecule has 128 valence electrons. The second kappa shape index (κ2) is 6.24. The summed E-state index contributed by atoms with van der Waals surface area (Å²) in [6, 6.07) is 6.82. The number of hydrogen-bond donors (Lipinski definition) is 4. The Labute approximate surface area is 140 Å². The van der Waals surface area contributed by atoms with Crippen molar-refractivity contribution in [1.82, 2.24) is 21.3 Å². The van der Waals surface area contributed by atoms with Crippen LogP contribution in [-0.2, 0) is 10.3 Å². The number of amides is 4. The lowest BCUT2D eigenvalue weighted by atomic mass is 9.91. The first kappa shape index (κ1) is 16.4. The average Bonchev–Trinajstić information content (AvgIpc) is 2.81. The van der Waals surface area contributed by atoms with Crippen molar-refractivity contribution in [3.05, 3.63) is 35.4 Å². The molecule has 3 unspecified atom stereocenters. The van der Waals surface area contributed by atoms with Crippen molar-refractivity contribution in [2.75, 3.05) is 6.54 Å². The zero-order valence-electron chi connectivity index (χ0n) is 13.8. The molecule has 2 aliphatic rings. The van der Waals surface area contributed by atoms with Gasteiger partial charge >= 0.3 is 6.03 Å². The number of nitrogens with one attached hydrogen (secondary N) is 4. The van der Waals surface area contributed by atoms with Gasteiger partial charge in [0, 0.05) is 17.6 Å². The number of hydrogen-bond acceptors (Lipinski definition) is 4. The largest absolute Gasteiger partial charge is 0.349 e. The fraction of sp³-hybridized carbons (Fsp3) is 0.471. The molecule has 4 N–H and O–H groups in total. The van der Waals surface area contributed by atoms with Gasteiger partial charge in [-0.05, 0) is 50.9 Å². The summed E-state index contributed by atoms with van der Waals surface area (Å²) in [6.07, 6.45) is 1.83. The first-order valence-electron chi connectivity index (χ1n) is 8.17. The van der Waals surface area contributed by atoms with Crippen LogP contribution >= 0.6 is 0 Å². The van der Waals surface area contributed by atoms with Gasteiger partial charge in [-0.3, -0.25) is 14.9 Å². The van der Waals surface area contributed by atoms with Crippen LogP contribution in [0.25, 0.3) is 0 Å². The molecule has 2 fully saturated rings. The van der Waals surface area contributed by atoms with Gasteiger partial charge in [0.15, 0.2) is 0 Å². The maximum Gasteiger partial charge on any atom is 0.322 e. The molecule has 4 amide bonds. The SMILES string of the molecule is CC1CC(NC(=O)c2ccc(C3(C)NC(=O)NC3=O)cc2)CCN1. The van der Waals surface area contributed by atoms with Crippen molar-refractivity contribution < 1.29 is 14.4 Å². The first-order valence-corrected chi connectivity index (χ1v) is 8.17. The Hall–Kier alpha value is -2.41. The molecule has 0 aliphatic carbocycles. The van der Waals surface area contributed by atoms with Gasteiger partial charge in [0.1, 0.15) is 5.54 Å². The number of rotatable bonds is 3. The number of urea groups is 1. The Morgan fingerprint density at radius 3 is 2.54 bits per heavy atom. The van der Waals surface area contributed by atoms with Crippen molar-refractivity contribution in [3.63, 3.8) is 0 Å². The Morgan fingerprint density at radius 2 is 1.96 bits per heavy atom. The standard InChI is InChI=1S/C17H22N4O3/c1-10-9-13(7-8-18-10)19-14(22)11-3-5-12(6-4-11)17(2)15(23)20-16(24)21-17/h3-6,10,13,18H,7-9H2,1-2H3,(H,19,22)(H2,20,21,23,24). The summed E-state index contributed by atoms with van der Waals surface area (Å²) in [6.45, 7) is 4.64. The molecule has 3 atom stereocenters. The van der Waals surface area contributed by atoms with E-state index in [-0.39, 0.29) is 11.9 Å². The minimum absolute atomic E-state index is 0.120. The number of benzene rings is 1. The van der Waals surface area contributed by atoms with Gasteiger partial charge in [-0.25, -0.2) is 4.79 Å². The molecule has 0 spiro atoms. The highest BCUT2D eigenvalue weighted by Gasteiger charge is 2.43. The maximum absolute atomic E-state index is 12.4. The Bertz CT molecular complexity index is 673. The summed E-state index contributed by atoms with van der Waals surface area (Å²) < 4.78 is 0. The number of imide groups is 1. The van der Waals surface area contributed by atoms with Crippen LogP contribution in [0.2, 0.25) is 0 Å². The van der Waals surface area contributed by atoms with E-state index in [9.17, 15) is 14.4 Å². The third-order valence-corrected chi connectivity index (χ3v) is 4.73. The monoisotopic (exact) mass is 330 g/mol. The van der Waals surface area contributed by atoms with Crippen molar-refractivity contribution in [1.29, 1.82) is 0 Å². The lowest BCUT2D eigenvalue weighted by molar-refractivity contribution is -0.123. The van der Waals surface area contributed by atoms with Gasteiger partial charge in [-0.2, -0.15) is 0 Å². The highest BCUT2D eigenvalue weighted by Crippen LogP contribution is 2.24. The van der Waals surface area contributed by atoms with Crippen LogP contribution in [-0.4, -0.2) is 36.5 Å². The second-order valence-electron chi connectivity index (χ2n) is 6.66. The van der Waals surface area contributed by atoms with E-state index in [2.05, 4.69) is 28.2 Å². The minimum Gasteiger partial charge on any atom is -0.349 e. The van der Waals surface area contributed by atoms with E-state index in [1.165, 1.54) is 0 Å². The molecule has 7 heteroatoms. The quantitative estimate of drug-likeness (QED) is 0.610. The van der Waals surface area contributed by atoms with Crippen LogP contribution in [0.1, 0.15) is 42.6 Å². The van der Waals surface area contributed by atoms with Crippen molar-refractivity contribution in [3.8, 4) is 0 Å². The van der Waals surface area contributed by atoms with Crippen LogP contribution in [0.3, 0.4) is 0 Å². The Kier molecular flexibility index (Phi) is 4.28. The van der Waals surface area contributed by atoms with Gasteiger partial charge in [0.05, 0.1) is 0 Å². The molecule has 0 aromatic heterocycles. The van der Waals surface area contributed by atoms with Crippen LogP contribution in [0.5, 0.6) is 0 Å². The molecule has 2 saturated heterocycles. The van der Waals surface area contributed by atoms with Gasteiger partial charge in [-0.1, -0.05) is 12.1 Å². The molecular formula is C17H22N4O3. The van der Waals surface area contributed by atoms with Crippen LogP contribution in [0.15, 0.2) is 24.3 Å². The zero-order valence-corrected chi connectivity index (χ0v) is 13.8. The zero-order chi connectivity index (χ0) is 17.3. The molecule has 0 radical (unpaired) electrons. The van der Waals surface area contributed by atoms with Crippen LogP contribution < -0.4 is 21.3 Å². The molecule has 3 rings (SSSR count).